The third kappa shape index (κ3) is 2.55. The lowest BCUT2D eigenvalue weighted by atomic mass is 9.78. The van der Waals surface area contributed by atoms with Crippen LogP contribution in [0.5, 0.6) is 0 Å². The van der Waals surface area contributed by atoms with Crippen LogP contribution in [0.25, 0.3) is 0 Å². The Kier molecular flexibility index (Phi) is 4.74. The molecule has 2 atom stereocenters. The summed E-state index contributed by atoms with van der Waals surface area (Å²) >= 11 is 0. The van der Waals surface area contributed by atoms with Gasteiger partial charge in [0.15, 0.2) is 0 Å². The van der Waals surface area contributed by atoms with E-state index in [9.17, 15) is 4.79 Å². The molecule has 0 bridgehead atoms. The summed E-state index contributed by atoms with van der Waals surface area (Å²) in [4.78, 5) is 12.0. The van der Waals surface area contributed by atoms with Crippen LogP contribution in [-0.2, 0) is 14.3 Å². The molecule has 1 rings (SSSR count). The number of carbonyl (C=O) groups is 1. The minimum absolute atomic E-state index is 0.0869. The molecule has 0 heterocycles. The van der Waals surface area contributed by atoms with Gasteiger partial charge in [0.1, 0.15) is 5.54 Å². The summed E-state index contributed by atoms with van der Waals surface area (Å²) in [5.74, 6) is -0.201. The zero-order valence-corrected chi connectivity index (χ0v) is 10.7. The van der Waals surface area contributed by atoms with Crippen molar-refractivity contribution in [3.8, 4) is 0 Å². The summed E-state index contributed by atoms with van der Waals surface area (Å²) in [5, 5.41) is 3.35. The minimum Gasteiger partial charge on any atom is -0.468 e. The van der Waals surface area contributed by atoms with Gasteiger partial charge < -0.3 is 9.47 Å². The summed E-state index contributed by atoms with van der Waals surface area (Å²) < 4.78 is 10.4. The number of hydrogen-bond donors (Lipinski definition) is 1. The lowest BCUT2D eigenvalue weighted by Gasteiger charge is -2.42. The number of rotatable bonds is 4. The molecule has 1 aliphatic carbocycles. The Morgan fingerprint density at radius 3 is 2.56 bits per heavy atom. The number of hydrogen-bond acceptors (Lipinski definition) is 4. The zero-order valence-electron chi connectivity index (χ0n) is 10.7. The highest BCUT2D eigenvalue weighted by Crippen LogP contribution is 2.32. The third-order valence-corrected chi connectivity index (χ3v) is 3.22. The topological polar surface area (TPSA) is 47.6 Å². The Morgan fingerprint density at radius 1 is 1.38 bits per heavy atom. The average Bonchev–Trinajstić information content (AvgIpc) is 2.27. The molecule has 4 heteroatoms. The maximum atomic E-state index is 12.0. The Hall–Kier alpha value is -0.610. The molecule has 4 nitrogen and oxygen atoms in total. The van der Waals surface area contributed by atoms with Gasteiger partial charge in [-0.15, -0.1) is 0 Å². The van der Waals surface area contributed by atoms with Crippen molar-refractivity contribution in [2.24, 2.45) is 0 Å². The van der Waals surface area contributed by atoms with Gasteiger partial charge in [0, 0.05) is 13.2 Å². The van der Waals surface area contributed by atoms with Gasteiger partial charge in [0.05, 0.1) is 13.2 Å². The normalized spacial score (nSPS) is 30.4. The fourth-order valence-corrected chi connectivity index (χ4v) is 2.61. The van der Waals surface area contributed by atoms with Gasteiger partial charge >= 0.3 is 5.97 Å². The van der Waals surface area contributed by atoms with Gasteiger partial charge in [-0.05, 0) is 26.7 Å². The van der Waals surface area contributed by atoms with Gasteiger partial charge in [-0.25, -0.2) is 4.79 Å². The van der Waals surface area contributed by atoms with E-state index in [0.29, 0.717) is 0 Å². The first-order chi connectivity index (χ1) is 7.56. The van der Waals surface area contributed by atoms with Crippen LogP contribution >= 0.6 is 0 Å². The molecule has 1 saturated carbocycles. The van der Waals surface area contributed by atoms with Gasteiger partial charge in [-0.3, -0.25) is 5.32 Å². The molecule has 1 N–H and O–H groups in total. The molecule has 2 unspecified atom stereocenters. The average molecular weight is 229 g/mol. The Morgan fingerprint density at radius 2 is 2.06 bits per heavy atom. The quantitative estimate of drug-likeness (QED) is 0.742. The number of esters is 1. The van der Waals surface area contributed by atoms with Crippen LogP contribution in [0.1, 0.15) is 39.5 Å². The SMILES string of the molecule is COC(=O)C1(NC(C)C)CCCCC1OC. The van der Waals surface area contributed by atoms with Gasteiger partial charge in [0.25, 0.3) is 0 Å². The van der Waals surface area contributed by atoms with E-state index < -0.39 is 5.54 Å². The van der Waals surface area contributed by atoms with Crippen LogP contribution in [0.15, 0.2) is 0 Å². The largest absolute Gasteiger partial charge is 0.468 e. The molecule has 94 valence electrons. The van der Waals surface area contributed by atoms with Crippen molar-refractivity contribution in [2.75, 3.05) is 14.2 Å². The summed E-state index contributed by atoms with van der Waals surface area (Å²) in [6.07, 6.45) is 3.75. The van der Waals surface area contributed by atoms with Gasteiger partial charge in [-0.1, -0.05) is 12.8 Å². The van der Waals surface area contributed by atoms with Crippen molar-refractivity contribution in [3.05, 3.63) is 0 Å². The second-order valence-electron chi connectivity index (χ2n) is 4.73. The number of carbonyl (C=O) groups excluding carboxylic acids is 1. The fourth-order valence-electron chi connectivity index (χ4n) is 2.61. The Bertz CT molecular complexity index is 242. The van der Waals surface area contributed by atoms with Crippen LogP contribution < -0.4 is 5.32 Å². The third-order valence-electron chi connectivity index (χ3n) is 3.22. The van der Waals surface area contributed by atoms with E-state index in [0.717, 1.165) is 25.7 Å². The van der Waals surface area contributed by atoms with E-state index >= 15 is 0 Å². The predicted octanol–water partition coefficient (Wildman–Crippen LogP) is 1.49. The highest BCUT2D eigenvalue weighted by Gasteiger charge is 2.48. The summed E-state index contributed by atoms with van der Waals surface area (Å²) in [6, 6.07) is 0.231. The first-order valence-corrected chi connectivity index (χ1v) is 5.95. The zero-order chi connectivity index (χ0) is 12.2. The highest BCUT2D eigenvalue weighted by molar-refractivity contribution is 5.82. The molecule has 0 aromatic carbocycles. The molecule has 1 fully saturated rings. The van der Waals surface area contributed by atoms with Crippen molar-refractivity contribution in [1.29, 1.82) is 0 Å². The second kappa shape index (κ2) is 5.64. The monoisotopic (exact) mass is 229 g/mol. The lowest BCUT2D eigenvalue weighted by molar-refractivity contribution is -0.158. The number of methoxy groups -OCH3 is 2. The number of nitrogens with one attached hydrogen (secondary N) is 1. The van der Waals surface area contributed by atoms with Crippen LogP contribution in [-0.4, -0.2) is 37.9 Å². The molecule has 0 aromatic rings. The van der Waals surface area contributed by atoms with E-state index in [2.05, 4.69) is 5.32 Å². The lowest BCUT2D eigenvalue weighted by Crippen LogP contribution is -2.64. The molecule has 16 heavy (non-hydrogen) atoms. The minimum atomic E-state index is -0.657. The predicted molar refractivity (Wildman–Crippen MR) is 62.3 cm³/mol. The fraction of sp³-hybridized carbons (Fsp3) is 0.917. The summed E-state index contributed by atoms with van der Waals surface area (Å²) in [5.41, 5.74) is -0.657. The van der Waals surface area contributed by atoms with Gasteiger partial charge in [-0.2, -0.15) is 0 Å². The molecule has 0 radical (unpaired) electrons. The standard InChI is InChI=1S/C12H23NO3/c1-9(2)13-12(11(14)16-4)8-6-5-7-10(12)15-3/h9-10,13H,5-8H2,1-4H3. The van der Waals surface area contributed by atoms with E-state index in [-0.39, 0.29) is 18.1 Å². The number of ether oxygens (including phenoxy) is 2. The highest BCUT2D eigenvalue weighted by atomic mass is 16.5. The maximum Gasteiger partial charge on any atom is 0.328 e. The van der Waals surface area contributed by atoms with Crippen molar-refractivity contribution in [2.45, 2.75) is 57.2 Å². The second-order valence-corrected chi connectivity index (χ2v) is 4.73. The molecule has 0 aliphatic heterocycles. The first kappa shape index (κ1) is 13.5. The molecular weight excluding hydrogens is 206 g/mol. The smallest absolute Gasteiger partial charge is 0.328 e. The molecule has 0 aromatic heterocycles. The molecule has 0 spiro atoms. The van der Waals surface area contributed by atoms with E-state index in [1.807, 2.05) is 13.8 Å². The van der Waals surface area contributed by atoms with Crippen LogP contribution in [0.2, 0.25) is 0 Å². The van der Waals surface area contributed by atoms with Crippen LogP contribution in [0.4, 0.5) is 0 Å². The summed E-state index contributed by atoms with van der Waals surface area (Å²) in [6.45, 7) is 4.07. The molecule has 0 amide bonds. The Balaban J connectivity index is 2.94. The summed E-state index contributed by atoms with van der Waals surface area (Å²) in [7, 11) is 3.10. The van der Waals surface area contributed by atoms with Gasteiger partial charge in [0.2, 0.25) is 0 Å². The van der Waals surface area contributed by atoms with Crippen molar-refractivity contribution >= 4 is 5.97 Å². The van der Waals surface area contributed by atoms with Crippen LogP contribution in [0.3, 0.4) is 0 Å². The van der Waals surface area contributed by atoms with Crippen molar-refractivity contribution in [3.63, 3.8) is 0 Å². The molecule has 1 aliphatic rings. The Labute approximate surface area is 97.7 Å². The maximum absolute atomic E-state index is 12.0. The van der Waals surface area contributed by atoms with E-state index in [1.165, 1.54) is 7.11 Å². The van der Waals surface area contributed by atoms with Crippen molar-refractivity contribution < 1.29 is 14.3 Å². The first-order valence-electron chi connectivity index (χ1n) is 5.95. The van der Waals surface area contributed by atoms with Crippen molar-refractivity contribution in [1.82, 2.24) is 5.32 Å². The van der Waals surface area contributed by atoms with E-state index in [4.69, 9.17) is 9.47 Å². The molecular formula is C12H23NO3. The molecule has 0 saturated heterocycles. The van der Waals surface area contributed by atoms with Crippen LogP contribution in [0, 0.1) is 0 Å². The van der Waals surface area contributed by atoms with E-state index in [1.54, 1.807) is 7.11 Å².